The summed E-state index contributed by atoms with van der Waals surface area (Å²) in [5.41, 5.74) is 6.30. The predicted molar refractivity (Wildman–Crippen MR) is 39.7 cm³/mol. The minimum absolute atomic E-state index is 0.0613. The Morgan fingerprint density at radius 3 is 2.58 bits per heavy atom. The van der Waals surface area contributed by atoms with Crippen LogP contribution < -0.4 is 11.2 Å². The topological polar surface area (TPSA) is 102 Å². The number of aliphatic hydroxyl groups is 1. The van der Waals surface area contributed by atoms with Gasteiger partial charge in [-0.3, -0.25) is 0 Å². The van der Waals surface area contributed by atoms with Gasteiger partial charge in [0.1, 0.15) is 0 Å². The van der Waals surface area contributed by atoms with Crippen molar-refractivity contribution in [3.63, 3.8) is 0 Å². The van der Waals surface area contributed by atoms with E-state index >= 15 is 0 Å². The number of carbonyl (C=O) groups is 2. The molecule has 0 aromatic carbocycles. The summed E-state index contributed by atoms with van der Waals surface area (Å²) in [7, 11) is 0. The highest BCUT2D eigenvalue weighted by Gasteiger charge is 2.08. The third kappa shape index (κ3) is 4.29. The minimum Gasteiger partial charge on any atom is -0.396 e. The molecule has 0 aliphatic rings. The fourth-order valence-electron chi connectivity index (χ4n) is 0.406. The molecule has 68 valence electrons. The van der Waals surface area contributed by atoms with Crippen LogP contribution in [-0.2, 0) is 9.63 Å². The Kier molecular flexibility index (Phi) is 4.47. The van der Waals surface area contributed by atoms with Crippen LogP contribution in [0.2, 0.25) is 0 Å². The van der Waals surface area contributed by atoms with Gasteiger partial charge in [0, 0.05) is 18.6 Å². The van der Waals surface area contributed by atoms with Crippen molar-refractivity contribution in [2.75, 3.05) is 6.61 Å². The number of hydrogen-bond donors (Lipinski definition) is 3. The van der Waals surface area contributed by atoms with E-state index < -0.39 is 12.0 Å². The number of primary amides is 1. The van der Waals surface area contributed by atoms with Crippen LogP contribution in [0.4, 0.5) is 4.79 Å². The van der Waals surface area contributed by atoms with Gasteiger partial charge in [-0.05, 0) is 0 Å². The molecule has 0 radical (unpaired) electrons. The summed E-state index contributed by atoms with van der Waals surface area (Å²) in [6.07, 6.45) is 0.0965. The molecular formula is C6H10N2O4. The molecule has 6 heteroatoms. The number of hydrogen-bond acceptors (Lipinski definition) is 4. The number of rotatable bonds is 3. The van der Waals surface area contributed by atoms with Crippen LogP contribution in [0.15, 0.2) is 12.2 Å². The van der Waals surface area contributed by atoms with Gasteiger partial charge in [0.15, 0.2) is 0 Å². The van der Waals surface area contributed by atoms with E-state index in [1.807, 2.05) is 0 Å². The number of aliphatic hydroxyl groups excluding tert-OH is 1. The normalized spacial score (nSPS) is 8.75. The van der Waals surface area contributed by atoms with Crippen LogP contribution in [0.25, 0.3) is 0 Å². The second-order valence-corrected chi connectivity index (χ2v) is 1.93. The molecule has 0 unspecified atom stereocenters. The quantitative estimate of drug-likeness (QED) is 0.379. The molecular weight excluding hydrogens is 164 g/mol. The monoisotopic (exact) mass is 174 g/mol. The lowest BCUT2D eigenvalue weighted by Crippen LogP contribution is -2.32. The Morgan fingerprint density at radius 1 is 1.58 bits per heavy atom. The average molecular weight is 174 g/mol. The SMILES string of the molecule is C=C(CCO)C(=O)ONC(N)=O. The van der Waals surface area contributed by atoms with Gasteiger partial charge >= 0.3 is 12.0 Å². The van der Waals surface area contributed by atoms with Crippen molar-refractivity contribution in [2.45, 2.75) is 6.42 Å². The second kappa shape index (κ2) is 5.14. The minimum atomic E-state index is -0.972. The van der Waals surface area contributed by atoms with Crippen molar-refractivity contribution in [1.29, 1.82) is 0 Å². The maximum atomic E-state index is 10.7. The smallest absolute Gasteiger partial charge is 0.358 e. The number of hydroxylamine groups is 1. The standard InChI is InChI=1S/C6H10N2O4/c1-4(2-3-9)5(10)12-8-6(7)11/h9H,1-3H2,(H3,7,8,11). The van der Waals surface area contributed by atoms with E-state index in [9.17, 15) is 9.59 Å². The molecule has 0 heterocycles. The highest BCUT2D eigenvalue weighted by Crippen LogP contribution is 1.97. The number of nitrogens with two attached hydrogens (primary N) is 1. The lowest BCUT2D eigenvalue weighted by Gasteiger charge is -2.03. The summed E-state index contributed by atoms with van der Waals surface area (Å²) in [4.78, 5) is 24.9. The summed E-state index contributed by atoms with van der Waals surface area (Å²) >= 11 is 0. The molecule has 0 aliphatic carbocycles. The Morgan fingerprint density at radius 2 is 2.17 bits per heavy atom. The summed E-state index contributed by atoms with van der Waals surface area (Å²) in [5.74, 6) is -0.817. The molecule has 12 heavy (non-hydrogen) atoms. The Bertz CT molecular complexity index is 202. The van der Waals surface area contributed by atoms with Crippen molar-refractivity contribution in [3.05, 3.63) is 12.2 Å². The van der Waals surface area contributed by atoms with Crippen molar-refractivity contribution in [2.24, 2.45) is 5.73 Å². The van der Waals surface area contributed by atoms with Gasteiger partial charge in [0.05, 0.1) is 0 Å². The van der Waals surface area contributed by atoms with Crippen molar-refractivity contribution < 1.29 is 19.5 Å². The molecule has 4 N–H and O–H groups in total. The number of urea groups is 1. The first-order valence-electron chi connectivity index (χ1n) is 3.13. The van der Waals surface area contributed by atoms with Gasteiger partial charge in [-0.15, -0.1) is 0 Å². The third-order valence-corrected chi connectivity index (χ3v) is 0.947. The highest BCUT2D eigenvalue weighted by molar-refractivity contribution is 5.88. The summed E-state index contributed by atoms with van der Waals surface area (Å²) in [6, 6.07) is -0.972. The highest BCUT2D eigenvalue weighted by atomic mass is 16.7. The van der Waals surface area contributed by atoms with Gasteiger partial charge in [0.2, 0.25) is 0 Å². The van der Waals surface area contributed by atoms with Crippen LogP contribution in [-0.4, -0.2) is 23.7 Å². The van der Waals surface area contributed by atoms with E-state index in [0.717, 1.165) is 0 Å². The van der Waals surface area contributed by atoms with Crippen LogP contribution in [0.5, 0.6) is 0 Å². The molecule has 0 rings (SSSR count). The Balaban J connectivity index is 3.72. The first kappa shape index (κ1) is 10.4. The van der Waals surface area contributed by atoms with Crippen molar-refractivity contribution in [1.82, 2.24) is 5.48 Å². The second-order valence-electron chi connectivity index (χ2n) is 1.93. The van der Waals surface area contributed by atoms with Gasteiger partial charge in [0.25, 0.3) is 0 Å². The van der Waals surface area contributed by atoms with E-state index in [2.05, 4.69) is 17.2 Å². The van der Waals surface area contributed by atoms with Gasteiger partial charge < -0.3 is 15.7 Å². The third-order valence-electron chi connectivity index (χ3n) is 0.947. The average Bonchev–Trinajstić information content (AvgIpc) is 2.00. The van der Waals surface area contributed by atoms with Crippen LogP contribution in [0.3, 0.4) is 0 Å². The lowest BCUT2D eigenvalue weighted by molar-refractivity contribution is -0.144. The Hall–Kier alpha value is -1.56. The van der Waals surface area contributed by atoms with E-state index in [0.29, 0.717) is 0 Å². The fraction of sp³-hybridized carbons (Fsp3) is 0.333. The Labute approximate surface area is 68.9 Å². The molecule has 0 aromatic heterocycles. The molecule has 2 amide bonds. The zero-order valence-corrected chi connectivity index (χ0v) is 6.37. The molecule has 0 bridgehead atoms. The van der Waals surface area contributed by atoms with E-state index in [4.69, 9.17) is 5.11 Å². The maximum absolute atomic E-state index is 10.7. The molecule has 0 fully saturated rings. The van der Waals surface area contributed by atoms with Gasteiger partial charge in [-0.2, -0.15) is 5.48 Å². The van der Waals surface area contributed by atoms with E-state index in [-0.39, 0.29) is 18.6 Å². The maximum Gasteiger partial charge on any atom is 0.358 e. The summed E-state index contributed by atoms with van der Waals surface area (Å²) in [5, 5.41) is 8.38. The molecule has 6 nitrogen and oxygen atoms in total. The van der Waals surface area contributed by atoms with Crippen molar-refractivity contribution in [3.8, 4) is 0 Å². The zero-order chi connectivity index (χ0) is 9.56. The fourth-order valence-corrected chi connectivity index (χ4v) is 0.406. The molecule has 0 spiro atoms. The molecule has 0 atom stereocenters. The van der Waals surface area contributed by atoms with E-state index in [1.165, 1.54) is 0 Å². The van der Waals surface area contributed by atoms with E-state index in [1.54, 1.807) is 5.48 Å². The number of carbonyl (C=O) groups excluding carboxylic acids is 2. The summed E-state index contributed by atoms with van der Waals surface area (Å²) in [6.45, 7) is 3.09. The van der Waals surface area contributed by atoms with Crippen molar-refractivity contribution >= 4 is 12.0 Å². The molecule has 0 aliphatic heterocycles. The lowest BCUT2D eigenvalue weighted by atomic mass is 10.2. The van der Waals surface area contributed by atoms with Gasteiger partial charge in [-0.1, -0.05) is 6.58 Å². The molecule has 0 aromatic rings. The number of amides is 2. The zero-order valence-electron chi connectivity index (χ0n) is 6.37. The van der Waals surface area contributed by atoms with Crippen LogP contribution >= 0.6 is 0 Å². The molecule has 0 saturated carbocycles. The first-order valence-corrected chi connectivity index (χ1v) is 3.13. The number of nitrogens with one attached hydrogen (secondary N) is 1. The largest absolute Gasteiger partial charge is 0.396 e. The van der Waals surface area contributed by atoms with Crippen LogP contribution in [0, 0.1) is 0 Å². The summed E-state index contributed by atoms with van der Waals surface area (Å²) < 4.78 is 0. The first-order chi connectivity index (χ1) is 5.57. The predicted octanol–water partition coefficient (Wildman–Crippen LogP) is -0.949. The van der Waals surface area contributed by atoms with Crippen LogP contribution in [0.1, 0.15) is 6.42 Å². The van der Waals surface area contributed by atoms with Gasteiger partial charge in [-0.25, -0.2) is 9.59 Å². The molecule has 0 saturated heterocycles.